The molecule has 1 fully saturated rings. The SMILES string of the molecule is CCCCCC1(c2ccccc2)C(C)C1N=S(=O)=O.CNC(=S)NC=O. The van der Waals surface area contributed by atoms with Gasteiger partial charge in [-0.05, 0) is 30.1 Å². The molecule has 2 rings (SSSR count). The second kappa shape index (κ2) is 11.0. The molecule has 0 saturated heterocycles. The van der Waals surface area contributed by atoms with E-state index < -0.39 is 10.5 Å². The molecule has 1 aromatic carbocycles. The molecule has 2 N–H and O–H groups in total. The molecule has 0 aromatic heterocycles. The minimum atomic E-state index is -2.31. The molecule has 6 nitrogen and oxygen atoms in total. The molecule has 1 saturated carbocycles. The molecule has 3 unspecified atom stereocenters. The van der Waals surface area contributed by atoms with Crippen molar-refractivity contribution in [2.75, 3.05) is 7.05 Å². The summed E-state index contributed by atoms with van der Waals surface area (Å²) in [7, 11) is -0.669. The molecule has 0 aliphatic heterocycles. The van der Waals surface area contributed by atoms with Crippen LogP contribution in [0.15, 0.2) is 34.7 Å². The normalized spacial score (nSPS) is 23.0. The Balaban J connectivity index is 0.000000412. The van der Waals surface area contributed by atoms with E-state index in [2.05, 4.69) is 53.2 Å². The Morgan fingerprint density at radius 2 is 1.96 bits per heavy atom. The van der Waals surface area contributed by atoms with Crippen LogP contribution in [0.2, 0.25) is 0 Å². The number of carbonyl (C=O) groups excluding carboxylic acids is 1. The van der Waals surface area contributed by atoms with Crippen molar-refractivity contribution in [3.05, 3.63) is 35.9 Å². The largest absolute Gasteiger partial charge is 0.365 e. The lowest BCUT2D eigenvalue weighted by Crippen LogP contribution is -2.30. The summed E-state index contributed by atoms with van der Waals surface area (Å²) >= 11 is 4.50. The summed E-state index contributed by atoms with van der Waals surface area (Å²) in [4.78, 5) is 9.54. The Labute approximate surface area is 162 Å². The molecule has 144 valence electrons. The van der Waals surface area contributed by atoms with E-state index in [-0.39, 0.29) is 11.5 Å². The number of thiocarbonyl (C=S) groups is 1. The molecule has 1 aliphatic carbocycles. The van der Waals surface area contributed by atoms with Gasteiger partial charge in [0.15, 0.2) is 5.11 Å². The second-order valence-electron chi connectivity index (χ2n) is 6.26. The van der Waals surface area contributed by atoms with Crippen LogP contribution in [0.4, 0.5) is 0 Å². The number of nitrogens with zero attached hydrogens (tertiary/aromatic N) is 1. The van der Waals surface area contributed by atoms with Gasteiger partial charge in [0.1, 0.15) is 0 Å². The monoisotopic (exact) mass is 397 g/mol. The number of hydrogen-bond acceptors (Lipinski definition) is 5. The van der Waals surface area contributed by atoms with Gasteiger partial charge in [-0.3, -0.25) is 4.79 Å². The zero-order chi connectivity index (χ0) is 19.6. The van der Waals surface area contributed by atoms with Crippen LogP contribution in [0.5, 0.6) is 0 Å². The molecule has 3 atom stereocenters. The van der Waals surface area contributed by atoms with Crippen LogP contribution in [0.1, 0.15) is 45.1 Å². The quantitative estimate of drug-likeness (QED) is 0.420. The maximum absolute atomic E-state index is 10.9. The second-order valence-corrected chi connectivity index (χ2v) is 7.31. The topological polar surface area (TPSA) is 87.6 Å². The fourth-order valence-corrected chi connectivity index (χ4v) is 3.98. The molecule has 0 heterocycles. The third kappa shape index (κ3) is 5.88. The summed E-state index contributed by atoms with van der Waals surface area (Å²) < 4.78 is 25.7. The molecule has 0 bridgehead atoms. The first kappa shape index (κ1) is 22.2. The van der Waals surface area contributed by atoms with Crippen LogP contribution in [0, 0.1) is 5.92 Å². The molecule has 0 radical (unpaired) electrons. The number of benzene rings is 1. The standard InChI is InChI=1S/C15H21NO2S.C3H6N2OS/c1-3-4-8-11-15(13-9-6-5-7-10-13)12(2)14(15)16-19(17)18;1-4-3(7)5-2-6/h5-7,9-10,12,14H,3-4,8,11H2,1-2H3;2H,1H3,(H2,4,5,6,7). The average Bonchev–Trinajstić information content (AvgIpc) is 3.19. The lowest BCUT2D eigenvalue weighted by atomic mass is 9.87. The molecule has 0 spiro atoms. The van der Waals surface area contributed by atoms with Crippen LogP contribution in [-0.2, 0) is 20.7 Å². The van der Waals surface area contributed by atoms with E-state index in [1.807, 2.05) is 18.2 Å². The van der Waals surface area contributed by atoms with E-state index >= 15 is 0 Å². The van der Waals surface area contributed by atoms with Gasteiger partial charge in [0.2, 0.25) is 6.41 Å². The van der Waals surface area contributed by atoms with Crippen LogP contribution < -0.4 is 10.6 Å². The number of amides is 1. The van der Waals surface area contributed by atoms with Gasteiger partial charge in [0, 0.05) is 12.5 Å². The molecule has 1 aromatic rings. The molecule has 26 heavy (non-hydrogen) atoms. The summed E-state index contributed by atoms with van der Waals surface area (Å²) in [6.07, 6.45) is 5.05. The summed E-state index contributed by atoms with van der Waals surface area (Å²) in [5.41, 5.74) is 1.18. The molecule has 1 amide bonds. The zero-order valence-corrected chi connectivity index (χ0v) is 17.1. The summed E-state index contributed by atoms with van der Waals surface area (Å²) in [5.74, 6) is 0.310. The minimum Gasteiger partial charge on any atom is -0.365 e. The van der Waals surface area contributed by atoms with E-state index in [0.717, 1.165) is 12.8 Å². The van der Waals surface area contributed by atoms with Gasteiger partial charge in [-0.25, -0.2) is 0 Å². The lowest BCUT2D eigenvalue weighted by molar-refractivity contribution is -0.108. The first-order chi connectivity index (χ1) is 12.4. The zero-order valence-electron chi connectivity index (χ0n) is 15.4. The number of hydrogen-bond donors (Lipinski definition) is 2. The first-order valence-electron chi connectivity index (χ1n) is 8.71. The summed E-state index contributed by atoms with van der Waals surface area (Å²) in [6.45, 7) is 4.29. The van der Waals surface area contributed by atoms with Gasteiger partial charge >= 0.3 is 10.5 Å². The molecular formula is C18H27N3O3S2. The van der Waals surface area contributed by atoms with Crippen molar-refractivity contribution in [2.45, 2.75) is 51.0 Å². The predicted octanol–water partition coefficient (Wildman–Crippen LogP) is 2.82. The van der Waals surface area contributed by atoms with Crippen LogP contribution in [-0.4, -0.2) is 33.0 Å². The average molecular weight is 398 g/mol. The van der Waals surface area contributed by atoms with Crippen LogP contribution in [0.25, 0.3) is 0 Å². The van der Waals surface area contributed by atoms with Crippen molar-refractivity contribution in [3.8, 4) is 0 Å². The van der Waals surface area contributed by atoms with Gasteiger partial charge in [-0.15, -0.1) is 0 Å². The van der Waals surface area contributed by atoms with Crippen molar-refractivity contribution < 1.29 is 13.2 Å². The molecular weight excluding hydrogens is 370 g/mol. The number of rotatable bonds is 7. The highest BCUT2D eigenvalue weighted by molar-refractivity contribution is 7.80. The van der Waals surface area contributed by atoms with Crippen LogP contribution >= 0.6 is 12.2 Å². The number of unbranched alkanes of at least 4 members (excludes halogenated alkanes) is 2. The van der Waals surface area contributed by atoms with E-state index in [9.17, 15) is 13.2 Å². The number of nitrogens with one attached hydrogen (secondary N) is 2. The van der Waals surface area contributed by atoms with E-state index in [1.54, 1.807) is 7.05 Å². The van der Waals surface area contributed by atoms with Crippen molar-refractivity contribution in [2.24, 2.45) is 10.3 Å². The highest BCUT2D eigenvalue weighted by atomic mass is 32.2. The highest BCUT2D eigenvalue weighted by Gasteiger charge is 2.63. The van der Waals surface area contributed by atoms with Gasteiger partial charge in [0.05, 0.1) is 6.04 Å². The Morgan fingerprint density at radius 3 is 2.42 bits per heavy atom. The molecule has 1 aliphatic rings. The highest BCUT2D eigenvalue weighted by Crippen LogP contribution is 2.59. The van der Waals surface area contributed by atoms with Crippen molar-refractivity contribution in [1.29, 1.82) is 0 Å². The maximum Gasteiger partial charge on any atom is 0.311 e. The minimum absolute atomic E-state index is 0.0590. The Bertz CT molecular complexity index is 714. The van der Waals surface area contributed by atoms with Crippen molar-refractivity contribution in [1.82, 2.24) is 10.6 Å². The van der Waals surface area contributed by atoms with E-state index in [1.165, 1.54) is 18.4 Å². The molecule has 8 heteroatoms. The third-order valence-corrected chi connectivity index (χ3v) is 5.55. The van der Waals surface area contributed by atoms with Gasteiger partial charge in [-0.1, -0.05) is 63.4 Å². The van der Waals surface area contributed by atoms with Gasteiger partial charge in [0.25, 0.3) is 0 Å². The Kier molecular flexibility index (Phi) is 9.43. The first-order valence-corrected chi connectivity index (χ1v) is 10.2. The van der Waals surface area contributed by atoms with Crippen molar-refractivity contribution in [3.63, 3.8) is 0 Å². The van der Waals surface area contributed by atoms with E-state index in [4.69, 9.17) is 0 Å². The third-order valence-electron chi connectivity index (χ3n) is 4.83. The maximum atomic E-state index is 10.9. The number of carbonyl (C=O) groups is 1. The smallest absolute Gasteiger partial charge is 0.311 e. The van der Waals surface area contributed by atoms with Gasteiger partial charge in [-0.2, -0.15) is 12.8 Å². The lowest BCUT2D eigenvalue weighted by Gasteiger charge is -2.17. The summed E-state index contributed by atoms with van der Waals surface area (Å²) in [5, 5.41) is 5.13. The summed E-state index contributed by atoms with van der Waals surface area (Å²) in [6, 6.07) is 10.2. The fraction of sp³-hybridized carbons (Fsp3) is 0.556. The van der Waals surface area contributed by atoms with Crippen LogP contribution in [0.3, 0.4) is 0 Å². The van der Waals surface area contributed by atoms with E-state index in [0.29, 0.717) is 17.4 Å². The van der Waals surface area contributed by atoms with Gasteiger partial charge < -0.3 is 10.6 Å². The van der Waals surface area contributed by atoms with Crippen molar-refractivity contribution >= 4 is 34.2 Å². The fourth-order valence-electron chi connectivity index (χ4n) is 3.38. The predicted molar refractivity (Wildman–Crippen MR) is 107 cm³/mol. The Morgan fingerprint density at radius 1 is 1.31 bits per heavy atom. The Hall–Kier alpha value is -1.80.